The summed E-state index contributed by atoms with van der Waals surface area (Å²) in [5.74, 6) is 1.81. The van der Waals surface area contributed by atoms with E-state index in [0.29, 0.717) is 30.0 Å². The van der Waals surface area contributed by atoms with Gasteiger partial charge in [0.15, 0.2) is 5.82 Å². The number of aryl methyl sites for hydroxylation is 1. The molecule has 0 bridgehead atoms. The van der Waals surface area contributed by atoms with Gasteiger partial charge < -0.3 is 15.8 Å². The van der Waals surface area contributed by atoms with Gasteiger partial charge in [0.1, 0.15) is 17.2 Å². The summed E-state index contributed by atoms with van der Waals surface area (Å²) in [5.41, 5.74) is 10.4. The van der Waals surface area contributed by atoms with Gasteiger partial charge in [-0.15, -0.1) is 0 Å². The molecule has 0 aliphatic carbocycles. The highest BCUT2D eigenvalue weighted by atomic mass is 16.2. The van der Waals surface area contributed by atoms with E-state index in [4.69, 9.17) is 10.8 Å². The van der Waals surface area contributed by atoms with E-state index < -0.39 is 0 Å². The fraction of sp³-hybridized carbons (Fsp3) is 0.263. The lowest BCUT2D eigenvalue weighted by molar-refractivity contribution is 0.287. The number of nitrogens with zero attached hydrogens (tertiary/aromatic N) is 4. The van der Waals surface area contributed by atoms with Crippen LogP contribution >= 0.6 is 0 Å². The third kappa shape index (κ3) is 3.48. The second kappa shape index (κ2) is 7.45. The smallest absolute Gasteiger partial charge is 0.152 e. The number of pyridine rings is 1. The molecule has 0 spiro atoms. The van der Waals surface area contributed by atoms with Gasteiger partial charge in [-0.2, -0.15) is 0 Å². The fourth-order valence-electron chi connectivity index (χ4n) is 2.74. The molecule has 3 rings (SSSR count). The Morgan fingerprint density at radius 3 is 2.88 bits per heavy atom. The lowest BCUT2D eigenvalue weighted by Gasteiger charge is -2.05. The van der Waals surface area contributed by atoms with Gasteiger partial charge in [-0.05, 0) is 44.2 Å². The van der Waals surface area contributed by atoms with Gasteiger partial charge in [0.05, 0.1) is 11.0 Å². The number of imidazole rings is 1. The molecule has 7 nitrogen and oxygen atoms in total. The Kier molecular flexibility index (Phi) is 5.09. The molecule has 4 N–H and O–H groups in total. The van der Waals surface area contributed by atoms with Crippen LogP contribution in [0.2, 0.25) is 0 Å². The van der Waals surface area contributed by atoms with E-state index >= 15 is 0 Å². The first-order valence-corrected chi connectivity index (χ1v) is 8.40. The zero-order valence-electron chi connectivity index (χ0n) is 15.0. The van der Waals surface area contributed by atoms with Crippen molar-refractivity contribution in [1.82, 2.24) is 15.0 Å². The van der Waals surface area contributed by atoms with Crippen LogP contribution in [0.15, 0.2) is 34.4 Å². The van der Waals surface area contributed by atoms with Gasteiger partial charge in [-0.3, -0.25) is 0 Å². The lowest BCUT2D eigenvalue weighted by atomic mass is 10.1. The number of aromatic amines is 1. The van der Waals surface area contributed by atoms with Crippen LogP contribution in [-0.4, -0.2) is 39.2 Å². The average Bonchev–Trinajstić information content (AvgIpc) is 3.08. The van der Waals surface area contributed by atoms with E-state index in [1.807, 2.05) is 25.1 Å². The monoisotopic (exact) mass is 350 g/mol. The molecule has 26 heavy (non-hydrogen) atoms. The molecular weight excluding hydrogens is 328 g/mol. The molecule has 0 unspecified atom stereocenters. The normalized spacial score (nSPS) is 12.9. The second-order valence-electron chi connectivity index (χ2n) is 6.11. The number of rotatable bonds is 5. The molecule has 0 fully saturated rings. The number of nitrogens with one attached hydrogen (secondary N) is 1. The topological polar surface area (TPSA) is 113 Å². The number of aromatic nitrogens is 3. The predicted octanol–water partition coefficient (Wildman–Crippen LogP) is 3.10. The minimum absolute atomic E-state index is 0.129. The van der Waals surface area contributed by atoms with Crippen LogP contribution in [0, 0.1) is 0 Å². The van der Waals surface area contributed by atoms with Crippen LogP contribution in [0.4, 0.5) is 5.82 Å². The summed E-state index contributed by atoms with van der Waals surface area (Å²) in [5, 5.41) is 9.96. The number of allylic oxidation sites excluding steroid dienone is 1. The molecular formula is C19H22N6O. The highest BCUT2D eigenvalue weighted by Crippen LogP contribution is 2.28. The molecule has 134 valence electrons. The zero-order chi connectivity index (χ0) is 18.7. The Morgan fingerprint density at radius 1 is 1.35 bits per heavy atom. The van der Waals surface area contributed by atoms with E-state index in [9.17, 15) is 0 Å². The number of aliphatic imine (C=N–C) groups is 2. The maximum Gasteiger partial charge on any atom is 0.152 e. The number of aliphatic hydroxyl groups excluding tert-OH is 1. The highest BCUT2D eigenvalue weighted by molar-refractivity contribution is 6.06. The molecule has 2 aromatic heterocycles. The number of nitrogen functional groups attached to an aromatic ring is 1. The highest BCUT2D eigenvalue weighted by Gasteiger charge is 2.12. The Bertz CT molecular complexity index is 1030. The number of amidine groups is 1. The largest absolute Gasteiger partial charge is 0.396 e. The van der Waals surface area contributed by atoms with Crippen molar-refractivity contribution in [3.8, 4) is 0 Å². The third-order valence-corrected chi connectivity index (χ3v) is 4.20. The van der Waals surface area contributed by atoms with Crippen molar-refractivity contribution in [1.29, 1.82) is 0 Å². The van der Waals surface area contributed by atoms with Crippen LogP contribution in [-0.2, 0) is 6.42 Å². The summed E-state index contributed by atoms with van der Waals surface area (Å²) in [6.45, 7) is 7.36. The van der Waals surface area contributed by atoms with Crippen molar-refractivity contribution in [2.24, 2.45) is 9.98 Å². The Balaban J connectivity index is 2.07. The van der Waals surface area contributed by atoms with E-state index in [1.54, 1.807) is 13.1 Å². The van der Waals surface area contributed by atoms with Crippen molar-refractivity contribution in [2.75, 3.05) is 12.3 Å². The van der Waals surface area contributed by atoms with Crippen LogP contribution in [0.25, 0.3) is 27.5 Å². The maximum atomic E-state index is 9.00. The van der Waals surface area contributed by atoms with Crippen LogP contribution in [0.3, 0.4) is 0 Å². The molecule has 0 radical (unpaired) electrons. The standard InChI is InChI=1S/C19H22N6O/c1-11(10-22-12(2)21-3)13-6-7-14-15(9-13)23-19(20)18-17(14)24-16(25-18)5-4-8-26/h6-7,9-10,26H,3-5,8H2,1-2H3,(H2,20,23)(H,24,25)/b11-10+,22-12-. The van der Waals surface area contributed by atoms with Crippen LogP contribution in [0.5, 0.6) is 0 Å². The van der Waals surface area contributed by atoms with E-state index in [1.165, 1.54) is 0 Å². The van der Waals surface area contributed by atoms with Crippen molar-refractivity contribution in [2.45, 2.75) is 26.7 Å². The van der Waals surface area contributed by atoms with Crippen LogP contribution < -0.4 is 5.73 Å². The number of nitrogens with two attached hydrogens (primary N) is 1. The SMILES string of the molecule is C=N/C(C)=N\C=C(/C)c1ccc2c(c1)nc(N)c1nc(CCCO)[nH]c12. The van der Waals surface area contributed by atoms with Gasteiger partial charge in [0.2, 0.25) is 0 Å². The first-order chi connectivity index (χ1) is 12.5. The number of fused-ring (bicyclic) bond motifs is 3. The minimum Gasteiger partial charge on any atom is -0.396 e. The van der Waals surface area contributed by atoms with E-state index in [2.05, 4.69) is 31.7 Å². The van der Waals surface area contributed by atoms with E-state index in [-0.39, 0.29) is 6.61 Å². The second-order valence-corrected chi connectivity index (χ2v) is 6.11. The van der Waals surface area contributed by atoms with E-state index in [0.717, 1.165) is 33.4 Å². The predicted molar refractivity (Wildman–Crippen MR) is 108 cm³/mol. The van der Waals surface area contributed by atoms with Gasteiger partial charge >= 0.3 is 0 Å². The maximum absolute atomic E-state index is 9.00. The summed E-state index contributed by atoms with van der Waals surface area (Å²) < 4.78 is 0. The quantitative estimate of drug-likeness (QED) is 0.485. The fourth-order valence-corrected chi connectivity index (χ4v) is 2.74. The minimum atomic E-state index is 0.129. The molecule has 1 aromatic carbocycles. The average molecular weight is 350 g/mol. The number of hydrogen-bond donors (Lipinski definition) is 3. The molecule has 0 amide bonds. The molecule has 0 aliphatic heterocycles. The first kappa shape index (κ1) is 17.8. The van der Waals surface area contributed by atoms with Gasteiger partial charge in [0.25, 0.3) is 0 Å². The third-order valence-electron chi connectivity index (χ3n) is 4.20. The summed E-state index contributed by atoms with van der Waals surface area (Å²) in [6, 6.07) is 6.01. The van der Waals surface area contributed by atoms with Crippen molar-refractivity contribution in [3.63, 3.8) is 0 Å². The molecule has 3 aromatic rings. The molecule has 0 atom stereocenters. The summed E-state index contributed by atoms with van der Waals surface area (Å²) in [7, 11) is 0. The lowest BCUT2D eigenvalue weighted by Crippen LogP contribution is -1.94. The van der Waals surface area contributed by atoms with Gasteiger partial charge in [-0.25, -0.2) is 20.0 Å². The molecule has 0 saturated carbocycles. The zero-order valence-corrected chi connectivity index (χ0v) is 15.0. The molecule has 0 saturated heterocycles. The number of anilines is 1. The number of hydrogen-bond acceptors (Lipinski definition) is 5. The van der Waals surface area contributed by atoms with Crippen molar-refractivity contribution < 1.29 is 5.11 Å². The van der Waals surface area contributed by atoms with Crippen LogP contribution in [0.1, 0.15) is 31.7 Å². The number of aliphatic hydroxyl groups is 1. The van der Waals surface area contributed by atoms with Gasteiger partial charge in [0, 0.05) is 24.6 Å². The number of benzene rings is 1. The van der Waals surface area contributed by atoms with Gasteiger partial charge in [-0.1, -0.05) is 12.1 Å². The first-order valence-electron chi connectivity index (χ1n) is 8.40. The van der Waals surface area contributed by atoms with Crippen molar-refractivity contribution in [3.05, 3.63) is 35.8 Å². The van der Waals surface area contributed by atoms with Crippen molar-refractivity contribution >= 4 is 45.9 Å². The molecule has 2 heterocycles. The molecule has 0 aliphatic rings. The Morgan fingerprint density at radius 2 is 2.15 bits per heavy atom. The summed E-state index contributed by atoms with van der Waals surface area (Å²) >= 11 is 0. The number of H-pyrrole nitrogens is 1. The Hall–Kier alpha value is -3.06. The summed E-state index contributed by atoms with van der Waals surface area (Å²) in [6.07, 6.45) is 3.08. The Labute approximate surface area is 151 Å². The summed E-state index contributed by atoms with van der Waals surface area (Å²) in [4.78, 5) is 20.4. The molecule has 7 heteroatoms.